The highest BCUT2D eigenvalue weighted by molar-refractivity contribution is 5.94. The fraction of sp³-hybridized carbons (Fsp3) is 0.364. The van der Waals surface area contributed by atoms with Crippen molar-refractivity contribution in [2.24, 2.45) is 0 Å². The lowest BCUT2D eigenvalue weighted by Crippen LogP contribution is -2.44. The Balaban J connectivity index is 1.65. The molecule has 2 aromatic carbocycles. The van der Waals surface area contributed by atoms with E-state index in [1.54, 1.807) is 6.07 Å². The number of likely N-dealkylation sites (tertiary alicyclic amines) is 1. The van der Waals surface area contributed by atoms with Crippen LogP contribution in [0.3, 0.4) is 0 Å². The molecule has 3 amide bonds. The summed E-state index contributed by atoms with van der Waals surface area (Å²) in [4.78, 5) is 26.4. The molecule has 5 nitrogen and oxygen atoms in total. The molecule has 1 atom stereocenters. The number of hydrogen-bond acceptors (Lipinski definition) is 2. The zero-order valence-corrected chi connectivity index (χ0v) is 16.4. The molecular weight excluding hydrogens is 376 g/mol. The molecule has 1 fully saturated rings. The molecule has 1 heterocycles. The Kier molecular flexibility index (Phi) is 6.80. The monoisotopic (exact) mass is 401 g/mol. The Bertz CT molecular complexity index is 888. The normalized spacial score (nSPS) is 16.4. The lowest BCUT2D eigenvalue weighted by atomic mass is 9.89. The van der Waals surface area contributed by atoms with Crippen LogP contribution < -0.4 is 10.6 Å². The molecule has 0 aromatic heterocycles. The van der Waals surface area contributed by atoms with E-state index in [-0.39, 0.29) is 30.0 Å². The molecule has 1 unspecified atom stereocenters. The number of hydrogen-bond donors (Lipinski definition) is 2. The SMILES string of the molecule is CCNC(=O)N1CCCC(c2cccc(C(=O)NCc3ccc(F)cc3F)c2)C1. The summed E-state index contributed by atoms with van der Waals surface area (Å²) in [6.45, 7) is 3.79. The van der Waals surface area contributed by atoms with Crippen LogP contribution in [-0.4, -0.2) is 36.5 Å². The Labute approximate surface area is 169 Å². The minimum atomic E-state index is -0.688. The predicted octanol–water partition coefficient (Wildman–Crippen LogP) is 3.80. The highest BCUT2D eigenvalue weighted by atomic mass is 19.1. The Morgan fingerprint density at radius 1 is 1.14 bits per heavy atom. The van der Waals surface area contributed by atoms with Crippen molar-refractivity contribution in [2.45, 2.75) is 32.2 Å². The quantitative estimate of drug-likeness (QED) is 0.801. The molecule has 2 aromatic rings. The maximum Gasteiger partial charge on any atom is 0.317 e. The van der Waals surface area contributed by atoms with Crippen molar-refractivity contribution in [3.05, 3.63) is 70.8 Å². The van der Waals surface area contributed by atoms with Crippen molar-refractivity contribution in [3.63, 3.8) is 0 Å². The Morgan fingerprint density at radius 3 is 2.72 bits per heavy atom. The van der Waals surface area contributed by atoms with Crippen LogP contribution in [0.1, 0.15) is 47.2 Å². The van der Waals surface area contributed by atoms with E-state index in [1.807, 2.05) is 30.0 Å². The third-order valence-corrected chi connectivity index (χ3v) is 5.11. The molecule has 1 saturated heterocycles. The van der Waals surface area contributed by atoms with Gasteiger partial charge in [-0.05, 0) is 43.5 Å². The number of halogens is 2. The van der Waals surface area contributed by atoms with Gasteiger partial charge in [0.1, 0.15) is 11.6 Å². The zero-order chi connectivity index (χ0) is 20.8. The third kappa shape index (κ3) is 5.31. The number of piperidine rings is 1. The fourth-order valence-corrected chi connectivity index (χ4v) is 3.57. The largest absolute Gasteiger partial charge is 0.348 e. The van der Waals surface area contributed by atoms with E-state index in [0.717, 1.165) is 37.1 Å². The van der Waals surface area contributed by atoms with Crippen LogP contribution in [0, 0.1) is 11.6 Å². The number of nitrogens with one attached hydrogen (secondary N) is 2. The van der Waals surface area contributed by atoms with Gasteiger partial charge >= 0.3 is 6.03 Å². The summed E-state index contributed by atoms with van der Waals surface area (Å²) in [5.41, 5.74) is 1.69. The number of amides is 3. The highest BCUT2D eigenvalue weighted by Gasteiger charge is 2.25. The van der Waals surface area contributed by atoms with E-state index >= 15 is 0 Å². The fourth-order valence-electron chi connectivity index (χ4n) is 3.57. The molecule has 0 radical (unpaired) electrons. The first kappa shape index (κ1) is 20.8. The van der Waals surface area contributed by atoms with Crippen molar-refractivity contribution >= 4 is 11.9 Å². The smallest absolute Gasteiger partial charge is 0.317 e. The maximum absolute atomic E-state index is 13.7. The van der Waals surface area contributed by atoms with Crippen LogP contribution >= 0.6 is 0 Å². The van der Waals surface area contributed by atoms with Crippen LogP contribution in [0.25, 0.3) is 0 Å². The maximum atomic E-state index is 13.7. The van der Waals surface area contributed by atoms with E-state index in [1.165, 1.54) is 6.07 Å². The van der Waals surface area contributed by atoms with E-state index in [2.05, 4.69) is 10.6 Å². The first-order valence-electron chi connectivity index (χ1n) is 9.82. The molecule has 7 heteroatoms. The van der Waals surface area contributed by atoms with Gasteiger partial charge < -0.3 is 15.5 Å². The van der Waals surface area contributed by atoms with Gasteiger partial charge in [-0.15, -0.1) is 0 Å². The van der Waals surface area contributed by atoms with E-state index in [9.17, 15) is 18.4 Å². The molecule has 29 heavy (non-hydrogen) atoms. The summed E-state index contributed by atoms with van der Waals surface area (Å²) in [5, 5.41) is 5.50. The average molecular weight is 401 g/mol. The van der Waals surface area contributed by atoms with Gasteiger partial charge in [0.2, 0.25) is 0 Å². The summed E-state index contributed by atoms with van der Waals surface area (Å²) < 4.78 is 26.7. The molecule has 1 aliphatic heterocycles. The molecular formula is C22H25F2N3O2. The minimum Gasteiger partial charge on any atom is -0.348 e. The molecule has 2 N–H and O–H groups in total. The van der Waals surface area contributed by atoms with E-state index in [4.69, 9.17) is 0 Å². The molecule has 3 rings (SSSR count). The average Bonchev–Trinajstić information content (AvgIpc) is 2.73. The van der Waals surface area contributed by atoms with Crippen LogP contribution in [0.15, 0.2) is 42.5 Å². The second-order valence-corrected chi connectivity index (χ2v) is 7.16. The van der Waals surface area contributed by atoms with Crippen molar-refractivity contribution < 1.29 is 18.4 Å². The number of rotatable bonds is 5. The second-order valence-electron chi connectivity index (χ2n) is 7.16. The minimum absolute atomic E-state index is 0.0242. The summed E-state index contributed by atoms with van der Waals surface area (Å²) in [5.74, 6) is -1.51. The molecule has 1 aliphatic rings. The Hall–Kier alpha value is -2.96. The zero-order valence-electron chi connectivity index (χ0n) is 16.4. The first-order chi connectivity index (χ1) is 14.0. The van der Waals surface area contributed by atoms with E-state index in [0.29, 0.717) is 18.7 Å². The number of carbonyl (C=O) groups is 2. The first-order valence-corrected chi connectivity index (χ1v) is 9.82. The number of benzene rings is 2. The number of urea groups is 1. The lowest BCUT2D eigenvalue weighted by molar-refractivity contribution is 0.0950. The molecule has 154 valence electrons. The molecule has 0 saturated carbocycles. The molecule has 0 aliphatic carbocycles. The van der Waals surface area contributed by atoms with Gasteiger partial charge in [-0.2, -0.15) is 0 Å². The van der Waals surface area contributed by atoms with Gasteiger partial charge in [-0.1, -0.05) is 18.2 Å². The van der Waals surface area contributed by atoms with Crippen molar-refractivity contribution in [3.8, 4) is 0 Å². The van der Waals surface area contributed by atoms with Gasteiger partial charge in [0.15, 0.2) is 0 Å². The molecule has 0 spiro atoms. The van der Waals surface area contributed by atoms with Crippen LogP contribution in [0.2, 0.25) is 0 Å². The number of carbonyl (C=O) groups excluding carboxylic acids is 2. The second kappa shape index (κ2) is 9.49. The van der Waals surface area contributed by atoms with Crippen molar-refractivity contribution in [2.75, 3.05) is 19.6 Å². The van der Waals surface area contributed by atoms with Gasteiger partial charge in [0, 0.05) is 49.3 Å². The van der Waals surface area contributed by atoms with Crippen LogP contribution in [0.5, 0.6) is 0 Å². The Morgan fingerprint density at radius 2 is 1.97 bits per heavy atom. The molecule has 0 bridgehead atoms. The lowest BCUT2D eigenvalue weighted by Gasteiger charge is -2.33. The van der Waals surface area contributed by atoms with Gasteiger partial charge in [0.05, 0.1) is 0 Å². The van der Waals surface area contributed by atoms with Crippen LogP contribution in [-0.2, 0) is 6.54 Å². The van der Waals surface area contributed by atoms with Crippen LogP contribution in [0.4, 0.5) is 13.6 Å². The number of nitrogens with zero attached hydrogens (tertiary/aromatic N) is 1. The highest BCUT2D eigenvalue weighted by Crippen LogP contribution is 2.27. The topological polar surface area (TPSA) is 61.4 Å². The standard InChI is InChI=1S/C22H25F2N3O2/c1-2-25-22(29)27-10-4-7-18(14-27)15-5-3-6-16(11-15)21(28)26-13-17-8-9-19(23)12-20(17)24/h3,5-6,8-9,11-12,18H,2,4,7,10,13-14H2,1H3,(H,25,29)(H,26,28). The van der Waals surface area contributed by atoms with E-state index < -0.39 is 11.6 Å². The van der Waals surface area contributed by atoms with Gasteiger partial charge in [-0.25, -0.2) is 13.6 Å². The summed E-state index contributed by atoms with van der Waals surface area (Å²) in [6, 6.07) is 10.5. The van der Waals surface area contributed by atoms with Crippen molar-refractivity contribution in [1.29, 1.82) is 0 Å². The van der Waals surface area contributed by atoms with Crippen molar-refractivity contribution in [1.82, 2.24) is 15.5 Å². The third-order valence-electron chi connectivity index (χ3n) is 5.11. The predicted molar refractivity (Wildman–Crippen MR) is 107 cm³/mol. The summed E-state index contributed by atoms with van der Waals surface area (Å²) in [6.07, 6.45) is 1.85. The summed E-state index contributed by atoms with van der Waals surface area (Å²) in [7, 11) is 0. The summed E-state index contributed by atoms with van der Waals surface area (Å²) >= 11 is 0. The van der Waals surface area contributed by atoms with Gasteiger partial charge in [0.25, 0.3) is 5.91 Å². The van der Waals surface area contributed by atoms with Gasteiger partial charge in [-0.3, -0.25) is 4.79 Å².